The molecule has 30 heavy (non-hydrogen) atoms. The topological polar surface area (TPSA) is 36.9 Å². The van der Waals surface area contributed by atoms with Gasteiger partial charge in [0.25, 0.3) is 0 Å². The minimum absolute atomic E-state index is 0.0114. The van der Waals surface area contributed by atoms with Crippen molar-refractivity contribution in [2.45, 2.75) is 122 Å². The van der Waals surface area contributed by atoms with E-state index < -0.39 is 16.6 Å². The van der Waals surface area contributed by atoms with Gasteiger partial charge in [0.2, 0.25) is 0 Å². The second-order valence-electron chi connectivity index (χ2n) is 12.1. The van der Waals surface area contributed by atoms with Gasteiger partial charge in [-0.3, -0.25) is 0 Å². The van der Waals surface area contributed by atoms with Gasteiger partial charge >= 0.3 is 0 Å². The van der Waals surface area contributed by atoms with E-state index in [9.17, 15) is 0 Å². The van der Waals surface area contributed by atoms with Crippen molar-refractivity contribution in [1.82, 2.24) is 0 Å². The predicted molar refractivity (Wildman–Crippen MR) is 133 cm³/mol. The second-order valence-corrected chi connectivity index (χ2v) is 21.7. The van der Waals surface area contributed by atoms with E-state index in [0.29, 0.717) is 12.5 Å². The molecular formula is C24H50O4Si2. The normalized spacial score (nSPS) is 27.3. The van der Waals surface area contributed by atoms with Gasteiger partial charge in [-0.15, -0.1) is 6.58 Å². The highest BCUT2D eigenvalue weighted by atomic mass is 28.4. The molecular weight excluding hydrogens is 408 g/mol. The Kier molecular flexibility index (Phi) is 9.63. The van der Waals surface area contributed by atoms with Crippen molar-refractivity contribution in [3.63, 3.8) is 0 Å². The molecule has 6 heteroatoms. The van der Waals surface area contributed by atoms with E-state index in [4.69, 9.17) is 18.3 Å². The van der Waals surface area contributed by atoms with E-state index in [0.717, 1.165) is 12.8 Å². The molecule has 0 bridgehead atoms. The molecule has 4 nitrogen and oxygen atoms in total. The van der Waals surface area contributed by atoms with Crippen LogP contribution in [0.5, 0.6) is 0 Å². The zero-order valence-corrected chi connectivity index (χ0v) is 23.9. The van der Waals surface area contributed by atoms with Crippen LogP contribution in [0.15, 0.2) is 12.7 Å². The van der Waals surface area contributed by atoms with Crippen LogP contribution in [-0.4, -0.2) is 54.8 Å². The van der Waals surface area contributed by atoms with Crippen LogP contribution in [0.3, 0.4) is 0 Å². The number of methoxy groups -OCH3 is 1. The van der Waals surface area contributed by atoms with E-state index in [1.807, 2.05) is 6.08 Å². The van der Waals surface area contributed by atoms with E-state index in [2.05, 4.69) is 81.2 Å². The zero-order chi connectivity index (χ0) is 23.5. The maximum atomic E-state index is 6.88. The lowest BCUT2D eigenvalue weighted by Crippen LogP contribution is -2.49. The summed E-state index contributed by atoms with van der Waals surface area (Å²) in [5.41, 5.74) is 0. The fraction of sp³-hybridized carbons (Fsp3) is 0.917. The fourth-order valence-electron chi connectivity index (χ4n) is 3.49. The number of hydrogen-bond acceptors (Lipinski definition) is 4. The average molecular weight is 459 g/mol. The standard InChI is InChI=1S/C24H50O4Si2/c1-14-15-20-18(2)22(25-9)21(27-20)16-19(28-30(12,13)24(6,7)8)17-26-29(10,11)23(3,4)5/h14,18-22H,1,15-17H2,2-13H3/t18-,19-,20-,21+,22+/m0/s1. The molecule has 1 aliphatic heterocycles. The maximum absolute atomic E-state index is 6.88. The molecule has 178 valence electrons. The van der Waals surface area contributed by atoms with Gasteiger partial charge < -0.3 is 18.3 Å². The molecule has 1 heterocycles. The lowest BCUT2D eigenvalue weighted by atomic mass is 9.94. The number of hydrogen-bond donors (Lipinski definition) is 0. The van der Waals surface area contributed by atoms with E-state index in [1.165, 1.54) is 0 Å². The Morgan fingerprint density at radius 1 is 0.967 bits per heavy atom. The smallest absolute Gasteiger partial charge is 0.192 e. The lowest BCUT2D eigenvalue weighted by molar-refractivity contribution is -0.0358. The first-order valence-electron chi connectivity index (χ1n) is 11.6. The van der Waals surface area contributed by atoms with Gasteiger partial charge in [-0.25, -0.2) is 0 Å². The first kappa shape index (κ1) is 28.0. The summed E-state index contributed by atoms with van der Waals surface area (Å²) in [5, 5.41) is 0.328. The van der Waals surface area contributed by atoms with Crippen molar-refractivity contribution in [3.8, 4) is 0 Å². The molecule has 0 amide bonds. The summed E-state index contributed by atoms with van der Waals surface area (Å²) >= 11 is 0. The molecule has 0 N–H and O–H groups in total. The summed E-state index contributed by atoms with van der Waals surface area (Å²) in [7, 11) is -2.00. The molecule has 1 rings (SSSR count). The van der Waals surface area contributed by atoms with E-state index >= 15 is 0 Å². The van der Waals surface area contributed by atoms with Crippen molar-refractivity contribution in [3.05, 3.63) is 12.7 Å². The highest BCUT2D eigenvalue weighted by molar-refractivity contribution is 6.74. The molecule has 0 saturated carbocycles. The van der Waals surface area contributed by atoms with Gasteiger partial charge in [0.15, 0.2) is 16.6 Å². The Balaban J connectivity index is 3.04. The Morgan fingerprint density at radius 3 is 1.93 bits per heavy atom. The molecule has 1 fully saturated rings. The monoisotopic (exact) mass is 458 g/mol. The minimum Gasteiger partial charge on any atom is -0.414 e. The Morgan fingerprint density at radius 2 is 1.50 bits per heavy atom. The average Bonchev–Trinajstić information content (AvgIpc) is 2.85. The van der Waals surface area contributed by atoms with Crippen LogP contribution in [0.2, 0.25) is 36.3 Å². The minimum atomic E-state index is -1.94. The molecule has 5 atom stereocenters. The summed E-state index contributed by atoms with van der Waals surface area (Å²) in [6.07, 6.45) is 3.87. The number of ether oxygens (including phenoxy) is 2. The zero-order valence-electron chi connectivity index (χ0n) is 21.9. The van der Waals surface area contributed by atoms with Crippen LogP contribution in [0.25, 0.3) is 0 Å². The molecule has 1 saturated heterocycles. The first-order valence-corrected chi connectivity index (χ1v) is 17.4. The van der Waals surface area contributed by atoms with Gasteiger partial charge in [-0.1, -0.05) is 54.5 Å². The summed E-state index contributed by atoms with van der Waals surface area (Å²) in [4.78, 5) is 0. The van der Waals surface area contributed by atoms with Crippen LogP contribution in [0, 0.1) is 5.92 Å². The van der Waals surface area contributed by atoms with Gasteiger partial charge in [-0.2, -0.15) is 0 Å². The van der Waals surface area contributed by atoms with E-state index in [-0.39, 0.29) is 34.5 Å². The molecule has 0 spiro atoms. The van der Waals surface area contributed by atoms with Gasteiger partial charge in [0, 0.05) is 19.4 Å². The number of rotatable bonds is 10. The van der Waals surface area contributed by atoms with Crippen LogP contribution < -0.4 is 0 Å². The predicted octanol–water partition coefficient (Wildman–Crippen LogP) is 6.78. The first-order chi connectivity index (χ1) is 13.5. The third-order valence-corrected chi connectivity index (χ3v) is 16.7. The lowest BCUT2D eigenvalue weighted by Gasteiger charge is -2.42. The molecule has 1 aliphatic rings. The molecule has 0 aromatic carbocycles. The van der Waals surface area contributed by atoms with Gasteiger partial charge in [0.1, 0.15) is 0 Å². The Hall–Kier alpha value is 0.0138. The summed E-state index contributed by atoms with van der Waals surface area (Å²) in [5.74, 6) is 0.341. The molecule has 0 aromatic heterocycles. The fourth-order valence-corrected chi connectivity index (χ4v) is 5.87. The Bertz CT molecular complexity index is 548. The molecule has 0 aromatic rings. The van der Waals surface area contributed by atoms with Crippen LogP contribution in [-0.2, 0) is 18.3 Å². The molecule has 0 radical (unpaired) electrons. The SMILES string of the molecule is C=CC[C@@H]1O[C@H](C[C@@H](CO[Si](C)(C)C(C)(C)C)O[Si](C)(C)C(C)(C)C)[C@H](OC)[C@H]1C. The quantitative estimate of drug-likeness (QED) is 0.267. The highest BCUT2D eigenvalue weighted by Gasteiger charge is 2.45. The van der Waals surface area contributed by atoms with Crippen molar-refractivity contribution in [1.29, 1.82) is 0 Å². The van der Waals surface area contributed by atoms with Crippen molar-refractivity contribution < 1.29 is 18.3 Å². The highest BCUT2D eigenvalue weighted by Crippen LogP contribution is 2.41. The largest absolute Gasteiger partial charge is 0.414 e. The summed E-state index contributed by atoms with van der Waals surface area (Å²) < 4.78 is 25.8. The van der Waals surface area contributed by atoms with Crippen LogP contribution >= 0.6 is 0 Å². The van der Waals surface area contributed by atoms with Crippen LogP contribution in [0.4, 0.5) is 0 Å². The van der Waals surface area contributed by atoms with Crippen molar-refractivity contribution >= 4 is 16.6 Å². The van der Waals surface area contributed by atoms with Crippen molar-refractivity contribution in [2.75, 3.05) is 13.7 Å². The van der Waals surface area contributed by atoms with Crippen molar-refractivity contribution in [2.24, 2.45) is 5.92 Å². The molecule has 0 aliphatic carbocycles. The molecule has 0 unspecified atom stereocenters. The second kappa shape index (κ2) is 10.3. The van der Waals surface area contributed by atoms with Gasteiger partial charge in [-0.05, 0) is 42.7 Å². The maximum Gasteiger partial charge on any atom is 0.192 e. The summed E-state index contributed by atoms with van der Waals surface area (Å²) in [6.45, 7) is 29.7. The van der Waals surface area contributed by atoms with Crippen LogP contribution in [0.1, 0.15) is 61.3 Å². The Labute approximate surface area is 189 Å². The third-order valence-electron chi connectivity index (χ3n) is 7.69. The van der Waals surface area contributed by atoms with E-state index in [1.54, 1.807) is 7.11 Å². The third kappa shape index (κ3) is 7.01. The summed E-state index contributed by atoms with van der Waals surface area (Å²) in [6, 6.07) is 0. The van der Waals surface area contributed by atoms with Gasteiger partial charge in [0.05, 0.1) is 31.0 Å².